The highest BCUT2D eigenvalue weighted by Gasteiger charge is 2.28. The van der Waals surface area contributed by atoms with Crippen LogP contribution < -0.4 is 0 Å². The van der Waals surface area contributed by atoms with Gasteiger partial charge in [-0.3, -0.25) is 4.79 Å². The van der Waals surface area contributed by atoms with Gasteiger partial charge in [0.2, 0.25) is 0 Å². The van der Waals surface area contributed by atoms with Gasteiger partial charge in [0.15, 0.2) is 5.76 Å². The first-order valence-electron chi connectivity index (χ1n) is 9.91. The Morgan fingerprint density at radius 1 is 1.14 bits per heavy atom. The molecule has 2 aromatic rings. The SMILES string of the molecule is Cc1ccc(C(C)(C)C)cc1SCc1ccc(C(=O)N2C[C@@H](C)O[C@@H](C)C2)o1. The maximum absolute atomic E-state index is 12.8. The second-order valence-corrected chi connectivity index (χ2v) is 9.77. The number of furan rings is 1. The van der Waals surface area contributed by atoms with Crippen molar-refractivity contribution in [3.63, 3.8) is 0 Å². The van der Waals surface area contributed by atoms with Gasteiger partial charge in [-0.25, -0.2) is 0 Å². The summed E-state index contributed by atoms with van der Waals surface area (Å²) in [6, 6.07) is 10.4. The van der Waals surface area contributed by atoms with Crippen molar-refractivity contribution < 1.29 is 13.9 Å². The Kier molecular flexibility index (Phi) is 6.25. The smallest absolute Gasteiger partial charge is 0.289 e. The number of hydrogen-bond donors (Lipinski definition) is 0. The number of carbonyl (C=O) groups is 1. The summed E-state index contributed by atoms with van der Waals surface area (Å²) in [7, 11) is 0. The minimum absolute atomic E-state index is 0.0516. The van der Waals surface area contributed by atoms with Crippen LogP contribution in [0.5, 0.6) is 0 Å². The van der Waals surface area contributed by atoms with E-state index in [1.165, 1.54) is 16.0 Å². The van der Waals surface area contributed by atoms with Gasteiger partial charge < -0.3 is 14.1 Å². The molecule has 0 saturated carbocycles. The number of nitrogens with zero attached hydrogens (tertiary/aromatic N) is 1. The summed E-state index contributed by atoms with van der Waals surface area (Å²) in [5.41, 5.74) is 2.71. The molecular formula is C23H31NO3S. The minimum atomic E-state index is -0.0517. The number of morpholine rings is 1. The lowest BCUT2D eigenvalue weighted by Gasteiger charge is -2.34. The van der Waals surface area contributed by atoms with E-state index < -0.39 is 0 Å². The average Bonchev–Trinajstić information content (AvgIpc) is 3.07. The van der Waals surface area contributed by atoms with Crippen LogP contribution in [0, 0.1) is 6.92 Å². The van der Waals surface area contributed by atoms with E-state index in [0.717, 1.165) is 5.76 Å². The molecule has 0 aliphatic carbocycles. The lowest BCUT2D eigenvalue weighted by molar-refractivity contribution is -0.0592. The van der Waals surface area contributed by atoms with Crippen molar-refractivity contribution in [2.45, 2.75) is 69.8 Å². The van der Waals surface area contributed by atoms with Gasteiger partial charge in [0.1, 0.15) is 5.76 Å². The molecule has 0 spiro atoms. The van der Waals surface area contributed by atoms with E-state index in [4.69, 9.17) is 9.15 Å². The Morgan fingerprint density at radius 3 is 2.46 bits per heavy atom. The van der Waals surface area contributed by atoms with E-state index in [-0.39, 0.29) is 23.5 Å². The summed E-state index contributed by atoms with van der Waals surface area (Å²) in [5.74, 6) is 1.89. The van der Waals surface area contributed by atoms with Crippen molar-refractivity contribution in [2.75, 3.05) is 13.1 Å². The molecule has 1 aromatic heterocycles. The number of benzene rings is 1. The summed E-state index contributed by atoms with van der Waals surface area (Å²) < 4.78 is 11.6. The number of amides is 1. The molecular weight excluding hydrogens is 370 g/mol. The van der Waals surface area contributed by atoms with E-state index in [1.54, 1.807) is 17.8 Å². The van der Waals surface area contributed by atoms with Gasteiger partial charge in [-0.05, 0) is 55.5 Å². The van der Waals surface area contributed by atoms with Crippen LogP contribution in [0.1, 0.15) is 62.1 Å². The van der Waals surface area contributed by atoms with Gasteiger partial charge in [0, 0.05) is 18.0 Å². The maximum atomic E-state index is 12.8. The number of ether oxygens (including phenoxy) is 1. The molecule has 1 fully saturated rings. The molecule has 4 nitrogen and oxygen atoms in total. The van der Waals surface area contributed by atoms with Crippen molar-refractivity contribution in [3.8, 4) is 0 Å². The average molecular weight is 402 g/mol. The number of rotatable bonds is 4. The molecule has 0 bridgehead atoms. The van der Waals surface area contributed by atoms with Crippen LogP contribution in [0.25, 0.3) is 0 Å². The molecule has 5 heteroatoms. The Hall–Kier alpha value is -1.72. The van der Waals surface area contributed by atoms with Crippen LogP contribution in [0.2, 0.25) is 0 Å². The van der Waals surface area contributed by atoms with Gasteiger partial charge in [-0.1, -0.05) is 32.9 Å². The zero-order valence-corrected chi connectivity index (χ0v) is 18.6. The van der Waals surface area contributed by atoms with Crippen LogP contribution in [0.15, 0.2) is 39.6 Å². The molecule has 1 saturated heterocycles. The summed E-state index contributed by atoms with van der Waals surface area (Å²) in [4.78, 5) is 15.8. The molecule has 3 rings (SSSR count). The second-order valence-electron chi connectivity index (χ2n) is 8.75. The Balaban J connectivity index is 1.66. The molecule has 2 heterocycles. The van der Waals surface area contributed by atoms with Crippen LogP contribution in [0.3, 0.4) is 0 Å². The highest BCUT2D eigenvalue weighted by molar-refractivity contribution is 7.98. The molecule has 152 valence electrons. The summed E-state index contributed by atoms with van der Waals surface area (Å²) in [6.07, 6.45) is 0.103. The number of carbonyl (C=O) groups excluding carboxylic acids is 1. The van der Waals surface area contributed by atoms with Gasteiger partial charge in [-0.15, -0.1) is 11.8 Å². The standard InChI is InChI=1S/C23H31NO3S/c1-15-7-8-18(23(4,5)6)11-21(15)28-14-19-9-10-20(27-19)22(25)24-12-16(2)26-17(3)13-24/h7-11,16-17H,12-14H2,1-6H3/t16-,17+. The fourth-order valence-electron chi connectivity index (χ4n) is 3.44. The first-order valence-corrected chi connectivity index (χ1v) is 10.9. The fraction of sp³-hybridized carbons (Fsp3) is 0.522. The third-order valence-corrected chi connectivity index (χ3v) is 6.18. The fourth-order valence-corrected chi connectivity index (χ4v) is 4.40. The highest BCUT2D eigenvalue weighted by atomic mass is 32.2. The summed E-state index contributed by atoms with van der Waals surface area (Å²) in [6.45, 7) is 14.0. The lowest BCUT2D eigenvalue weighted by atomic mass is 9.87. The van der Waals surface area contributed by atoms with Crippen molar-refractivity contribution in [1.29, 1.82) is 0 Å². The summed E-state index contributed by atoms with van der Waals surface area (Å²) in [5, 5.41) is 0. The number of thioether (sulfide) groups is 1. The topological polar surface area (TPSA) is 42.7 Å². The summed E-state index contributed by atoms with van der Waals surface area (Å²) >= 11 is 1.75. The van der Waals surface area contributed by atoms with E-state index in [0.29, 0.717) is 24.6 Å². The molecule has 0 unspecified atom stereocenters. The highest BCUT2D eigenvalue weighted by Crippen LogP contribution is 2.32. The van der Waals surface area contributed by atoms with Crippen LogP contribution in [-0.2, 0) is 15.9 Å². The predicted molar refractivity (Wildman–Crippen MR) is 114 cm³/mol. The molecule has 1 aromatic carbocycles. The largest absolute Gasteiger partial charge is 0.455 e. The quantitative estimate of drug-likeness (QED) is 0.641. The number of aryl methyl sites for hydroxylation is 1. The molecule has 0 radical (unpaired) electrons. The maximum Gasteiger partial charge on any atom is 0.289 e. The second kappa shape index (κ2) is 8.34. The first kappa shape index (κ1) is 21.0. The molecule has 1 aliphatic rings. The third kappa shape index (κ3) is 5.00. The Bertz CT molecular complexity index is 827. The van der Waals surface area contributed by atoms with E-state index >= 15 is 0 Å². The van der Waals surface area contributed by atoms with E-state index in [9.17, 15) is 4.79 Å². The van der Waals surface area contributed by atoms with E-state index in [2.05, 4.69) is 45.9 Å². The minimum Gasteiger partial charge on any atom is -0.455 e. The van der Waals surface area contributed by atoms with Gasteiger partial charge in [0.05, 0.1) is 18.0 Å². The van der Waals surface area contributed by atoms with Crippen LogP contribution in [-0.4, -0.2) is 36.1 Å². The zero-order valence-electron chi connectivity index (χ0n) is 17.7. The van der Waals surface area contributed by atoms with Crippen LogP contribution >= 0.6 is 11.8 Å². The van der Waals surface area contributed by atoms with Crippen molar-refractivity contribution >= 4 is 17.7 Å². The zero-order chi connectivity index (χ0) is 20.5. The lowest BCUT2D eigenvalue weighted by Crippen LogP contribution is -2.48. The van der Waals surface area contributed by atoms with Gasteiger partial charge >= 0.3 is 0 Å². The Labute approximate surface area is 172 Å². The first-order chi connectivity index (χ1) is 13.1. The van der Waals surface area contributed by atoms with Gasteiger partial charge in [0.25, 0.3) is 5.91 Å². The van der Waals surface area contributed by atoms with Gasteiger partial charge in [-0.2, -0.15) is 0 Å². The monoisotopic (exact) mass is 401 g/mol. The molecule has 0 N–H and O–H groups in total. The normalized spacial score (nSPS) is 20.4. The molecule has 2 atom stereocenters. The van der Waals surface area contributed by atoms with Crippen molar-refractivity contribution in [3.05, 3.63) is 53.0 Å². The van der Waals surface area contributed by atoms with Crippen LogP contribution in [0.4, 0.5) is 0 Å². The molecule has 28 heavy (non-hydrogen) atoms. The van der Waals surface area contributed by atoms with Crippen molar-refractivity contribution in [2.24, 2.45) is 0 Å². The predicted octanol–water partition coefficient (Wildman–Crippen LogP) is 5.43. The molecule has 1 amide bonds. The Morgan fingerprint density at radius 2 is 1.82 bits per heavy atom. The third-order valence-electron chi connectivity index (χ3n) is 5.00. The molecule has 1 aliphatic heterocycles. The number of hydrogen-bond acceptors (Lipinski definition) is 4. The van der Waals surface area contributed by atoms with E-state index in [1.807, 2.05) is 24.8 Å². The van der Waals surface area contributed by atoms with Crippen molar-refractivity contribution in [1.82, 2.24) is 4.90 Å².